The smallest absolute Gasteiger partial charge is 0.161 e. The van der Waals surface area contributed by atoms with Gasteiger partial charge in [0.25, 0.3) is 0 Å². The van der Waals surface area contributed by atoms with E-state index in [1.54, 1.807) is 24.7 Å². The highest BCUT2D eigenvalue weighted by Gasteiger charge is 2.12. The van der Waals surface area contributed by atoms with Crippen LogP contribution in [0.15, 0.2) is 35.3 Å². The molecule has 0 radical (unpaired) electrons. The van der Waals surface area contributed by atoms with Crippen molar-refractivity contribution in [2.75, 3.05) is 11.9 Å². The maximum Gasteiger partial charge on any atom is 0.161 e. The molecule has 0 fully saturated rings. The van der Waals surface area contributed by atoms with Gasteiger partial charge in [0.1, 0.15) is 4.99 Å². The van der Waals surface area contributed by atoms with Crippen molar-refractivity contribution >= 4 is 38.8 Å². The average molecular weight is 371 g/mol. The number of aryl methyl sites for hydroxylation is 1. The molecule has 112 valence electrons. The first-order valence-electron chi connectivity index (χ1n) is 6.57. The SMILES string of the molecule is NC(=S)c1ccc(NCCCCn2ccnc2)c(F)c1Br. The van der Waals surface area contributed by atoms with Gasteiger partial charge in [0.05, 0.1) is 16.5 Å². The molecule has 7 heteroatoms. The molecule has 0 aliphatic carbocycles. The van der Waals surface area contributed by atoms with Crippen molar-refractivity contribution in [2.24, 2.45) is 5.73 Å². The molecule has 4 nitrogen and oxygen atoms in total. The molecule has 0 atom stereocenters. The van der Waals surface area contributed by atoms with E-state index in [2.05, 4.69) is 26.2 Å². The Labute approximate surface area is 136 Å². The molecular formula is C14H16BrFN4S. The Morgan fingerprint density at radius 3 is 2.90 bits per heavy atom. The number of halogens is 2. The van der Waals surface area contributed by atoms with E-state index in [1.807, 2.05) is 10.8 Å². The van der Waals surface area contributed by atoms with E-state index in [1.165, 1.54) is 0 Å². The van der Waals surface area contributed by atoms with Crippen molar-refractivity contribution in [3.63, 3.8) is 0 Å². The number of hydrogen-bond donors (Lipinski definition) is 2. The minimum atomic E-state index is -0.366. The number of aromatic nitrogens is 2. The molecule has 0 spiro atoms. The molecule has 21 heavy (non-hydrogen) atoms. The Hall–Kier alpha value is -1.47. The number of nitrogens with one attached hydrogen (secondary N) is 1. The third-order valence-corrected chi connectivity index (χ3v) is 4.06. The predicted molar refractivity (Wildman–Crippen MR) is 89.9 cm³/mol. The third kappa shape index (κ3) is 4.25. The monoisotopic (exact) mass is 370 g/mol. The van der Waals surface area contributed by atoms with Gasteiger partial charge in [-0.1, -0.05) is 12.2 Å². The van der Waals surface area contributed by atoms with Gasteiger partial charge < -0.3 is 15.6 Å². The molecule has 0 amide bonds. The molecule has 2 rings (SSSR count). The van der Waals surface area contributed by atoms with Crippen LogP contribution in [0.3, 0.4) is 0 Å². The number of nitrogens with two attached hydrogens (primary N) is 1. The predicted octanol–water partition coefficient (Wildman–Crippen LogP) is 3.31. The number of unbranched alkanes of at least 4 members (excludes halogenated alkanes) is 1. The number of hydrogen-bond acceptors (Lipinski definition) is 3. The van der Waals surface area contributed by atoms with Crippen LogP contribution in [-0.4, -0.2) is 21.1 Å². The molecule has 0 saturated carbocycles. The van der Waals surface area contributed by atoms with Gasteiger partial charge in [-0.25, -0.2) is 9.37 Å². The Bertz CT molecular complexity index is 616. The zero-order valence-electron chi connectivity index (χ0n) is 11.4. The highest BCUT2D eigenvalue weighted by Crippen LogP contribution is 2.27. The second kappa shape index (κ2) is 7.51. The Morgan fingerprint density at radius 1 is 1.43 bits per heavy atom. The number of imidazole rings is 1. The second-order valence-corrected chi connectivity index (χ2v) is 5.82. The van der Waals surface area contributed by atoms with Gasteiger partial charge in [-0.2, -0.15) is 0 Å². The largest absolute Gasteiger partial charge is 0.389 e. The molecule has 1 aromatic carbocycles. The van der Waals surface area contributed by atoms with Crippen LogP contribution in [0.5, 0.6) is 0 Å². The van der Waals surface area contributed by atoms with Crippen molar-refractivity contribution in [3.8, 4) is 0 Å². The molecule has 1 heterocycles. The van der Waals surface area contributed by atoms with Gasteiger partial charge in [-0.05, 0) is 40.9 Å². The van der Waals surface area contributed by atoms with Crippen LogP contribution < -0.4 is 11.1 Å². The van der Waals surface area contributed by atoms with E-state index in [0.717, 1.165) is 19.4 Å². The number of rotatable bonds is 7. The maximum atomic E-state index is 14.1. The molecular weight excluding hydrogens is 355 g/mol. The number of anilines is 1. The summed E-state index contributed by atoms with van der Waals surface area (Å²) in [5, 5.41) is 3.09. The fraction of sp³-hybridized carbons (Fsp3) is 0.286. The van der Waals surface area contributed by atoms with Gasteiger partial charge in [0.2, 0.25) is 0 Å². The highest BCUT2D eigenvalue weighted by atomic mass is 79.9. The summed E-state index contributed by atoms with van der Waals surface area (Å²) in [6.45, 7) is 1.61. The minimum Gasteiger partial charge on any atom is -0.389 e. The second-order valence-electron chi connectivity index (χ2n) is 4.59. The zero-order chi connectivity index (χ0) is 15.2. The first kappa shape index (κ1) is 15.9. The summed E-state index contributed by atoms with van der Waals surface area (Å²) in [4.78, 5) is 4.16. The average Bonchev–Trinajstić information content (AvgIpc) is 2.96. The molecule has 1 aromatic heterocycles. The summed E-state index contributed by atoms with van der Waals surface area (Å²) in [6, 6.07) is 3.37. The molecule has 0 unspecified atom stereocenters. The van der Waals surface area contributed by atoms with E-state index in [-0.39, 0.29) is 10.8 Å². The summed E-state index contributed by atoms with van der Waals surface area (Å²) in [5.41, 5.74) is 6.48. The zero-order valence-corrected chi connectivity index (χ0v) is 13.8. The minimum absolute atomic E-state index is 0.174. The van der Waals surface area contributed by atoms with Crippen molar-refractivity contribution < 1.29 is 4.39 Å². The van der Waals surface area contributed by atoms with Crippen LogP contribution in [0, 0.1) is 5.82 Å². The quantitative estimate of drug-likeness (QED) is 0.579. The van der Waals surface area contributed by atoms with Crippen molar-refractivity contribution in [2.45, 2.75) is 19.4 Å². The summed E-state index contributed by atoms with van der Waals surface area (Å²) < 4.78 is 16.4. The van der Waals surface area contributed by atoms with Crippen LogP contribution >= 0.6 is 28.1 Å². The normalized spacial score (nSPS) is 10.6. The molecule has 2 aromatic rings. The lowest BCUT2D eigenvalue weighted by Crippen LogP contribution is -2.12. The molecule has 0 bridgehead atoms. The summed E-state index contributed by atoms with van der Waals surface area (Å²) in [5.74, 6) is -0.366. The Balaban J connectivity index is 1.83. The van der Waals surface area contributed by atoms with E-state index < -0.39 is 0 Å². The van der Waals surface area contributed by atoms with Crippen LogP contribution in [0.1, 0.15) is 18.4 Å². The third-order valence-electron chi connectivity index (χ3n) is 3.07. The van der Waals surface area contributed by atoms with E-state index in [4.69, 9.17) is 18.0 Å². The van der Waals surface area contributed by atoms with Crippen LogP contribution in [0.2, 0.25) is 0 Å². The number of benzene rings is 1. The van der Waals surface area contributed by atoms with Crippen LogP contribution in [0.4, 0.5) is 10.1 Å². The van der Waals surface area contributed by atoms with Crippen LogP contribution in [0.25, 0.3) is 0 Å². The molecule has 0 saturated heterocycles. The number of thiocarbonyl (C=S) groups is 1. The van der Waals surface area contributed by atoms with E-state index in [0.29, 0.717) is 22.3 Å². The topological polar surface area (TPSA) is 55.9 Å². The summed E-state index contributed by atoms with van der Waals surface area (Å²) >= 11 is 8.05. The first-order chi connectivity index (χ1) is 10.1. The van der Waals surface area contributed by atoms with Gasteiger partial charge in [-0.3, -0.25) is 0 Å². The highest BCUT2D eigenvalue weighted by molar-refractivity contribution is 9.10. The fourth-order valence-electron chi connectivity index (χ4n) is 1.94. The van der Waals surface area contributed by atoms with E-state index in [9.17, 15) is 4.39 Å². The standard InChI is InChI=1S/C14H16BrFN4S/c15-12-10(14(17)21)3-4-11(13(12)16)19-5-1-2-7-20-8-6-18-9-20/h3-4,6,8-9,19H,1-2,5,7H2,(H2,17,21). The first-order valence-corrected chi connectivity index (χ1v) is 7.77. The van der Waals surface area contributed by atoms with Gasteiger partial charge in [-0.15, -0.1) is 0 Å². The van der Waals surface area contributed by atoms with Crippen molar-refractivity contribution in [1.82, 2.24) is 9.55 Å². The summed E-state index contributed by atoms with van der Waals surface area (Å²) in [7, 11) is 0. The van der Waals surface area contributed by atoms with E-state index >= 15 is 0 Å². The lowest BCUT2D eigenvalue weighted by Gasteiger charge is -2.11. The lowest BCUT2D eigenvalue weighted by atomic mass is 10.2. The molecule has 0 aliphatic rings. The van der Waals surface area contributed by atoms with Crippen LogP contribution in [-0.2, 0) is 6.54 Å². The molecule has 3 N–H and O–H groups in total. The van der Waals surface area contributed by atoms with Crippen molar-refractivity contribution in [3.05, 3.63) is 46.7 Å². The number of nitrogens with zero attached hydrogens (tertiary/aromatic N) is 2. The Morgan fingerprint density at radius 2 is 2.24 bits per heavy atom. The van der Waals surface area contributed by atoms with Crippen molar-refractivity contribution in [1.29, 1.82) is 0 Å². The summed E-state index contributed by atoms with van der Waals surface area (Å²) in [6.07, 6.45) is 7.41. The maximum absolute atomic E-state index is 14.1. The molecule has 0 aliphatic heterocycles. The van der Waals surface area contributed by atoms with Gasteiger partial charge in [0, 0.05) is 31.0 Å². The lowest BCUT2D eigenvalue weighted by molar-refractivity contribution is 0.610. The Kier molecular flexibility index (Phi) is 5.69. The van der Waals surface area contributed by atoms with Gasteiger partial charge in [0.15, 0.2) is 5.82 Å². The fourth-order valence-corrected chi connectivity index (χ4v) is 2.80. The van der Waals surface area contributed by atoms with Gasteiger partial charge >= 0.3 is 0 Å².